The third kappa shape index (κ3) is 10.1. The maximum absolute atomic E-state index is 11.9. The number of hydrogen-bond acceptors (Lipinski definition) is 8. The first kappa shape index (κ1) is 44.8. The molecule has 12 nitrogen and oxygen atoms in total. The SMILES string of the molecule is CCCC[N+]1=C(/C=C/C2=C(Oc3ccc(S(=O)(=O)O)cc3)C(=C/C=C3/N(CCCNOS(=O)O)c4ccccc4C3(C)CCCC(=O)O)/CCC2)C(C)(C)c2ccccc21. The van der Waals surface area contributed by atoms with Gasteiger partial charge in [-0.15, -0.1) is 0 Å². The molecule has 3 aromatic rings. The molecule has 0 amide bonds. The minimum absolute atomic E-state index is 0.0369. The molecule has 3 aromatic carbocycles. The topological polar surface area (TPSA) is 166 Å². The van der Waals surface area contributed by atoms with Crippen molar-refractivity contribution in [2.75, 3.05) is 24.5 Å². The van der Waals surface area contributed by atoms with Crippen molar-refractivity contribution in [3.8, 4) is 5.75 Å². The summed E-state index contributed by atoms with van der Waals surface area (Å²) in [6.07, 6.45) is 14.7. The van der Waals surface area contributed by atoms with Crippen LogP contribution in [0.25, 0.3) is 0 Å². The van der Waals surface area contributed by atoms with Gasteiger partial charge in [0.05, 0.1) is 10.3 Å². The number of hydroxylamine groups is 1. The molecule has 0 aromatic heterocycles. The number of fused-ring (bicyclic) bond motifs is 2. The second-order valence-corrected chi connectivity index (χ2v) is 18.2. The number of allylic oxidation sites excluding steroid dienone is 7. The van der Waals surface area contributed by atoms with E-state index in [4.69, 9.17) is 9.29 Å². The summed E-state index contributed by atoms with van der Waals surface area (Å²) in [5, 5.41) is 9.57. The fraction of sp³-hybridized carbons (Fsp3) is 0.391. The molecule has 0 radical (unpaired) electrons. The van der Waals surface area contributed by atoms with Gasteiger partial charge in [-0.25, -0.2) is 0 Å². The highest BCUT2D eigenvalue weighted by molar-refractivity contribution is 7.85. The fourth-order valence-corrected chi connectivity index (χ4v) is 9.38. The number of aliphatic carboxylic acids is 1. The first-order valence-corrected chi connectivity index (χ1v) is 23.0. The highest BCUT2D eigenvalue weighted by atomic mass is 32.2. The highest BCUT2D eigenvalue weighted by Crippen LogP contribution is 2.51. The molecule has 60 heavy (non-hydrogen) atoms. The van der Waals surface area contributed by atoms with Crippen LogP contribution in [0.3, 0.4) is 0 Å². The summed E-state index contributed by atoms with van der Waals surface area (Å²) in [6.45, 7) is 10.6. The van der Waals surface area contributed by atoms with Gasteiger partial charge in [0.15, 0.2) is 5.71 Å². The van der Waals surface area contributed by atoms with Gasteiger partial charge in [0, 0.05) is 60.4 Å². The van der Waals surface area contributed by atoms with E-state index in [2.05, 4.69) is 108 Å². The average molecular weight is 859 g/mol. The summed E-state index contributed by atoms with van der Waals surface area (Å²) in [6, 6.07) is 22.4. The van der Waals surface area contributed by atoms with E-state index in [0.29, 0.717) is 50.3 Å². The average Bonchev–Trinajstić information content (AvgIpc) is 3.57. The lowest BCUT2D eigenvalue weighted by Crippen LogP contribution is -2.31. The summed E-state index contributed by atoms with van der Waals surface area (Å²) in [4.78, 5) is 13.7. The molecule has 0 saturated heterocycles. The first-order valence-electron chi connectivity index (χ1n) is 20.6. The zero-order valence-corrected chi connectivity index (χ0v) is 36.4. The molecule has 2 unspecified atom stereocenters. The van der Waals surface area contributed by atoms with E-state index in [1.807, 2.05) is 12.1 Å². The zero-order chi connectivity index (χ0) is 43.1. The van der Waals surface area contributed by atoms with Crippen molar-refractivity contribution in [3.63, 3.8) is 0 Å². The molecular weight excluding hydrogens is 803 g/mol. The Hall–Kier alpha value is -4.70. The lowest BCUT2D eigenvalue weighted by molar-refractivity contribution is -0.438. The fourth-order valence-electron chi connectivity index (χ4n) is 8.72. The molecule has 6 rings (SSSR count). The van der Waals surface area contributed by atoms with Gasteiger partial charge in [0.1, 0.15) is 18.1 Å². The number of nitrogens with zero attached hydrogens (tertiary/aromatic N) is 2. The molecule has 2 aliphatic heterocycles. The summed E-state index contributed by atoms with van der Waals surface area (Å²) in [5.74, 6) is 0.232. The quantitative estimate of drug-likeness (QED) is 0.0299. The van der Waals surface area contributed by atoms with Gasteiger partial charge in [-0.05, 0) is 118 Å². The number of hydrogen-bond donors (Lipinski definition) is 4. The Bertz CT molecular complexity index is 2360. The van der Waals surface area contributed by atoms with Gasteiger partial charge in [-0.3, -0.25) is 13.9 Å². The van der Waals surface area contributed by atoms with Crippen molar-refractivity contribution in [3.05, 3.63) is 131 Å². The number of carboxylic acid groups (broad SMARTS) is 1. The Morgan fingerprint density at radius 1 is 0.950 bits per heavy atom. The van der Waals surface area contributed by atoms with E-state index in [1.165, 1.54) is 29.1 Å². The van der Waals surface area contributed by atoms with E-state index in [9.17, 15) is 27.1 Å². The minimum Gasteiger partial charge on any atom is -0.481 e. The Labute approximate surface area is 356 Å². The van der Waals surface area contributed by atoms with E-state index in [0.717, 1.165) is 60.3 Å². The maximum Gasteiger partial charge on any atom is 0.319 e. The smallest absolute Gasteiger partial charge is 0.319 e. The van der Waals surface area contributed by atoms with Crippen molar-refractivity contribution >= 4 is 44.5 Å². The lowest BCUT2D eigenvalue weighted by atomic mass is 9.77. The molecule has 1 aliphatic carbocycles. The van der Waals surface area contributed by atoms with Crippen molar-refractivity contribution in [2.24, 2.45) is 0 Å². The predicted molar refractivity (Wildman–Crippen MR) is 234 cm³/mol. The number of anilines is 1. The summed E-state index contributed by atoms with van der Waals surface area (Å²) >= 11 is -2.44. The van der Waals surface area contributed by atoms with Crippen LogP contribution in [0.15, 0.2) is 125 Å². The third-order valence-electron chi connectivity index (χ3n) is 11.7. The van der Waals surface area contributed by atoms with Crippen molar-refractivity contribution < 1.29 is 45.2 Å². The van der Waals surface area contributed by atoms with Crippen molar-refractivity contribution in [1.82, 2.24) is 5.48 Å². The van der Waals surface area contributed by atoms with E-state index >= 15 is 0 Å². The predicted octanol–water partition coefficient (Wildman–Crippen LogP) is 9.07. The van der Waals surface area contributed by atoms with E-state index in [-0.39, 0.29) is 16.7 Å². The first-order chi connectivity index (χ1) is 28.6. The number of para-hydroxylation sites is 2. The van der Waals surface area contributed by atoms with Gasteiger partial charge >= 0.3 is 17.3 Å². The van der Waals surface area contributed by atoms with Crippen LogP contribution < -0.4 is 15.1 Å². The molecule has 0 bridgehead atoms. The summed E-state index contributed by atoms with van der Waals surface area (Å²) < 4.78 is 67.3. The van der Waals surface area contributed by atoms with E-state index in [1.54, 1.807) is 12.1 Å². The Morgan fingerprint density at radius 3 is 2.37 bits per heavy atom. The number of ether oxygens (including phenoxy) is 1. The van der Waals surface area contributed by atoms with Crippen LogP contribution in [-0.2, 0) is 41.4 Å². The lowest BCUT2D eigenvalue weighted by Gasteiger charge is -2.31. The van der Waals surface area contributed by atoms with Crippen LogP contribution in [0.2, 0.25) is 0 Å². The van der Waals surface area contributed by atoms with Crippen LogP contribution in [0.5, 0.6) is 5.75 Å². The highest BCUT2D eigenvalue weighted by Gasteiger charge is 2.44. The van der Waals surface area contributed by atoms with Gasteiger partial charge in [0.2, 0.25) is 5.69 Å². The number of benzene rings is 3. The number of carboxylic acids is 1. The molecule has 0 spiro atoms. The summed E-state index contributed by atoms with van der Waals surface area (Å²) in [5.41, 5.74) is 10.5. The number of unbranched alkanes of at least 4 members (excludes halogenated alkanes) is 1. The minimum atomic E-state index is -4.40. The Morgan fingerprint density at radius 2 is 1.67 bits per heavy atom. The third-order valence-corrected chi connectivity index (χ3v) is 12.9. The Kier molecular flexibility index (Phi) is 14.5. The van der Waals surface area contributed by atoms with Gasteiger partial charge in [-0.1, -0.05) is 55.8 Å². The molecule has 320 valence electrons. The number of carbonyl (C=O) groups is 1. The largest absolute Gasteiger partial charge is 0.481 e. The second kappa shape index (κ2) is 19.3. The molecule has 4 N–H and O–H groups in total. The number of nitrogens with one attached hydrogen (secondary N) is 1. The number of rotatable bonds is 19. The molecule has 3 aliphatic rings. The maximum atomic E-state index is 11.9. The van der Waals surface area contributed by atoms with Crippen LogP contribution in [0.1, 0.15) is 96.6 Å². The monoisotopic (exact) mass is 858 g/mol. The van der Waals surface area contributed by atoms with Crippen LogP contribution in [0.4, 0.5) is 11.4 Å². The van der Waals surface area contributed by atoms with Crippen LogP contribution >= 0.6 is 0 Å². The normalized spacial score (nSPS) is 20.7. The molecular formula is C46H56N3O9S2+. The van der Waals surface area contributed by atoms with Crippen molar-refractivity contribution in [2.45, 2.75) is 101 Å². The van der Waals surface area contributed by atoms with Gasteiger partial charge in [-0.2, -0.15) is 27.0 Å². The molecule has 14 heteroatoms. The standard InChI is InChI=1S/C46H55N3O9S2/c1-5-6-31-48-39-18-9-7-16-37(39)45(2,3)41(48)27-21-33-14-11-15-34(44(33)57-35-23-25-36(26-24-35)60(54,55)56)22-28-42-46(4,29-12-20-43(50)51)38-17-8-10-19-40(38)49(42)32-13-30-47-58-59(52)53/h7-10,16-19,21-28,47H,5-6,11-15,20,29-32H2,1-4H3,(H2-,50,51,52,53,54,55,56)/p+1. The Balaban J connectivity index is 1.46. The molecule has 2 heterocycles. The van der Waals surface area contributed by atoms with Gasteiger partial charge in [0.25, 0.3) is 10.1 Å². The van der Waals surface area contributed by atoms with Crippen LogP contribution in [0, 0.1) is 0 Å². The summed E-state index contributed by atoms with van der Waals surface area (Å²) in [7, 11) is -4.40. The van der Waals surface area contributed by atoms with E-state index < -0.39 is 32.9 Å². The van der Waals surface area contributed by atoms with Gasteiger partial charge < -0.3 is 14.7 Å². The molecule has 2 atom stereocenters. The molecule has 0 fully saturated rings. The second-order valence-electron chi connectivity index (χ2n) is 16.2. The zero-order valence-electron chi connectivity index (χ0n) is 34.7. The molecule has 0 saturated carbocycles. The van der Waals surface area contributed by atoms with Crippen molar-refractivity contribution in [1.29, 1.82) is 0 Å². The van der Waals surface area contributed by atoms with Crippen LogP contribution in [-0.4, -0.2) is 62.7 Å².